The van der Waals surface area contributed by atoms with Crippen molar-refractivity contribution in [1.82, 2.24) is 0 Å². The number of hydrogen-bond donors (Lipinski definition) is 1. The monoisotopic (exact) mass is 474 g/mol. The summed E-state index contributed by atoms with van der Waals surface area (Å²) in [5.74, 6) is -1.08. The first-order chi connectivity index (χ1) is 14.4. The van der Waals surface area contributed by atoms with Gasteiger partial charge in [-0.1, -0.05) is 68.2 Å². The number of carbonyl (C=O) groups is 2. The molecule has 33 heavy (non-hydrogen) atoms. The van der Waals surface area contributed by atoms with Crippen LogP contribution in [0.2, 0.25) is 0 Å². The Kier molecular flexibility index (Phi) is 13.5. The largest absolute Gasteiger partial charge is 0.347 e. The van der Waals surface area contributed by atoms with Gasteiger partial charge in [0.25, 0.3) is 0 Å². The molecule has 0 bridgehead atoms. The average molecular weight is 475 g/mol. The maximum absolute atomic E-state index is 12.0. The molecule has 0 aliphatic carbocycles. The van der Waals surface area contributed by atoms with Gasteiger partial charge in [-0.3, -0.25) is 4.89 Å². The standard InChI is InChI=1S/C18H36O3.C9H18O3/c1-16(2,3)12-10-9-11-14(15(19)21-20)18(7,8)13-17(4,5)6;1-8(2,3)7(10)11-12-9(4,5)6/h14,20H,9-13H2,1-8H3;1-6H3. The molecule has 1 unspecified atom stereocenters. The van der Waals surface area contributed by atoms with Crippen LogP contribution in [0, 0.1) is 27.6 Å². The second kappa shape index (κ2) is 13.1. The van der Waals surface area contributed by atoms with E-state index in [0.717, 1.165) is 32.1 Å². The van der Waals surface area contributed by atoms with Crippen LogP contribution in [0.3, 0.4) is 0 Å². The predicted molar refractivity (Wildman–Crippen MR) is 134 cm³/mol. The van der Waals surface area contributed by atoms with Crippen LogP contribution in [0.15, 0.2) is 0 Å². The molecule has 0 heterocycles. The van der Waals surface area contributed by atoms with Gasteiger partial charge in [0, 0.05) is 0 Å². The summed E-state index contributed by atoms with van der Waals surface area (Å²) in [6.07, 6.45) is 4.93. The van der Waals surface area contributed by atoms with Crippen LogP contribution in [-0.2, 0) is 24.3 Å². The summed E-state index contributed by atoms with van der Waals surface area (Å²) in [4.78, 5) is 36.7. The number of rotatable bonds is 8. The minimum atomic E-state index is -0.509. The third kappa shape index (κ3) is 18.9. The van der Waals surface area contributed by atoms with Crippen LogP contribution in [-0.4, -0.2) is 22.8 Å². The van der Waals surface area contributed by atoms with E-state index < -0.39 is 17.0 Å². The molecule has 0 radical (unpaired) electrons. The third-order valence-electron chi connectivity index (χ3n) is 4.95. The average Bonchev–Trinajstić information content (AvgIpc) is 2.54. The third-order valence-corrected chi connectivity index (χ3v) is 4.95. The second-order valence-corrected chi connectivity index (χ2v) is 14.3. The van der Waals surface area contributed by atoms with Crippen molar-refractivity contribution in [3.8, 4) is 0 Å². The van der Waals surface area contributed by atoms with Crippen molar-refractivity contribution in [1.29, 1.82) is 0 Å². The lowest BCUT2D eigenvalue weighted by Gasteiger charge is -2.37. The summed E-state index contributed by atoms with van der Waals surface area (Å²) in [7, 11) is 0. The first-order valence-electron chi connectivity index (χ1n) is 12.2. The van der Waals surface area contributed by atoms with Crippen molar-refractivity contribution < 1.29 is 29.5 Å². The molecule has 0 spiro atoms. The van der Waals surface area contributed by atoms with Crippen LogP contribution in [0.1, 0.15) is 129 Å². The molecule has 0 fully saturated rings. The lowest BCUT2D eigenvalue weighted by atomic mass is 9.67. The summed E-state index contributed by atoms with van der Waals surface area (Å²) in [6.45, 7) is 28.2. The van der Waals surface area contributed by atoms with E-state index in [1.807, 2.05) is 20.8 Å². The van der Waals surface area contributed by atoms with Gasteiger partial charge in [0.2, 0.25) is 0 Å². The fourth-order valence-corrected chi connectivity index (χ4v) is 3.67. The van der Waals surface area contributed by atoms with Crippen LogP contribution in [0.5, 0.6) is 0 Å². The number of hydrogen-bond acceptors (Lipinski definition) is 6. The highest BCUT2D eigenvalue weighted by Gasteiger charge is 2.39. The molecule has 0 aromatic carbocycles. The van der Waals surface area contributed by atoms with Crippen molar-refractivity contribution in [2.75, 3.05) is 0 Å². The maximum Gasteiger partial charge on any atom is 0.347 e. The van der Waals surface area contributed by atoms with Gasteiger partial charge in [-0.05, 0) is 77.0 Å². The lowest BCUT2D eigenvalue weighted by Crippen LogP contribution is -2.35. The van der Waals surface area contributed by atoms with E-state index in [-0.39, 0.29) is 22.7 Å². The summed E-state index contributed by atoms with van der Waals surface area (Å²) < 4.78 is 0. The Hall–Kier alpha value is -1.14. The van der Waals surface area contributed by atoms with Crippen molar-refractivity contribution in [2.45, 2.75) is 135 Å². The van der Waals surface area contributed by atoms with E-state index in [1.165, 1.54) is 0 Å². The first kappa shape index (κ1) is 34.0. The number of carbonyl (C=O) groups excluding carboxylic acids is 2. The number of unbranched alkanes of at least 4 members (excludes halogenated alkanes) is 1. The molecule has 0 aliphatic heterocycles. The van der Waals surface area contributed by atoms with Crippen molar-refractivity contribution in [2.24, 2.45) is 27.6 Å². The summed E-state index contributed by atoms with van der Waals surface area (Å²) in [5, 5.41) is 8.80. The summed E-state index contributed by atoms with van der Waals surface area (Å²) in [6, 6.07) is 0. The quantitative estimate of drug-likeness (QED) is 0.218. The van der Waals surface area contributed by atoms with E-state index in [1.54, 1.807) is 20.8 Å². The topological polar surface area (TPSA) is 82.1 Å². The zero-order valence-corrected chi connectivity index (χ0v) is 24.1. The van der Waals surface area contributed by atoms with Crippen LogP contribution >= 0.6 is 0 Å². The Morgan fingerprint density at radius 1 is 0.758 bits per heavy atom. The van der Waals surface area contributed by atoms with Gasteiger partial charge in [-0.25, -0.2) is 9.59 Å². The molecule has 198 valence electrons. The highest BCUT2D eigenvalue weighted by Crippen LogP contribution is 2.42. The summed E-state index contributed by atoms with van der Waals surface area (Å²) >= 11 is 0. The Bertz CT molecular complexity index is 580. The fraction of sp³-hybridized carbons (Fsp3) is 0.926. The molecular formula is C27H54O6. The van der Waals surface area contributed by atoms with Crippen molar-refractivity contribution in [3.05, 3.63) is 0 Å². The molecule has 0 aliphatic rings. The van der Waals surface area contributed by atoms with Crippen molar-refractivity contribution in [3.63, 3.8) is 0 Å². The van der Waals surface area contributed by atoms with E-state index in [0.29, 0.717) is 5.41 Å². The highest BCUT2D eigenvalue weighted by atomic mass is 17.2. The van der Waals surface area contributed by atoms with Crippen LogP contribution in [0.4, 0.5) is 0 Å². The molecule has 0 aromatic rings. The molecule has 0 saturated heterocycles. The SMILES string of the molecule is CC(C)(C)CCCCC(C(=O)OO)C(C)(C)CC(C)(C)C.CC(C)(C)OOC(=O)C(C)(C)C. The molecular weight excluding hydrogens is 420 g/mol. The minimum absolute atomic E-state index is 0.142. The molecule has 1 N–H and O–H groups in total. The first-order valence-corrected chi connectivity index (χ1v) is 12.2. The smallest absolute Gasteiger partial charge is 0.301 e. The van der Waals surface area contributed by atoms with E-state index in [2.05, 4.69) is 65.2 Å². The molecule has 0 rings (SSSR count). The Labute approximate surface area is 204 Å². The molecule has 6 nitrogen and oxygen atoms in total. The fourth-order valence-electron chi connectivity index (χ4n) is 3.67. The Balaban J connectivity index is 0. The Morgan fingerprint density at radius 3 is 1.58 bits per heavy atom. The molecule has 1 atom stereocenters. The lowest BCUT2D eigenvalue weighted by molar-refractivity contribution is -0.325. The van der Waals surface area contributed by atoms with Gasteiger partial charge in [0.05, 0.1) is 11.3 Å². The van der Waals surface area contributed by atoms with Gasteiger partial charge >= 0.3 is 11.9 Å². The normalized spacial score (nSPS) is 14.2. The van der Waals surface area contributed by atoms with Crippen molar-refractivity contribution >= 4 is 11.9 Å². The maximum atomic E-state index is 12.0. The minimum Gasteiger partial charge on any atom is -0.301 e. The van der Waals surface area contributed by atoms with Gasteiger partial charge in [-0.2, -0.15) is 10.1 Å². The predicted octanol–water partition coefficient (Wildman–Crippen LogP) is 7.99. The van der Waals surface area contributed by atoms with Crippen LogP contribution in [0.25, 0.3) is 0 Å². The zero-order chi connectivity index (χ0) is 26.9. The van der Waals surface area contributed by atoms with Gasteiger partial charge in [-0.15, -0.1) is 0 Å². The van der Waals surface area contributed by atoms with Crippen LogP contribution < -0.4 is 0 Å². The highest BCUT2D eigenvalue weighted by molar-refractivity contribution is 5.74. The Morgan fingerprint density at radius 2 is 1.24 bits per heavy atom. The second-order valence-electron chi connectivity index (χ2n) is 14.3. The van der Waals surface area contributed by atoms with Gasteiger partial charge in [0.15, 0.2) is 0 Å². The molecule has 0 amide bonds. The molecule has 6 heteroatoms. The van der Waals surface area contributed by atoms with E-state index in [4.69, 9.17) is 10.1 Å². The van der Waals surface area contributed by atoms with E-state index in [9.17, 15) is 9.59 Å². The summed E-state index contributed by atoms with van der Waals surface area (Å²) in [5.41, 5.74) is -0.664. The zero-order valence-electron chi connectivity index (χ0n) is 24.1. The van der Waals surface area contributed by atoms with Gasteiger partial charge < -0.3 is 4.89 Å². The molecule has 0 aromatic heterocycles. The molecule has 0 saturated carbocycles. The van der Waals surface area contributed by atoms with E-state index >= 15 is 0 Å². The van der Waals surface area contributed by atoms with Gasteiger partial charge in [0.1, 0.15) is 5.60 Å².